The van der Waals surface area contributed by atoms with E-state index in [9.17, 15) is 4.79 Å². The number of imidazole rings is 1. The highest BCUT2D eigenvalue weighted by Crippen LogP contribution is 2.26. The molecule has 6 nitrogen and oxygen atoms in total. The molecule has 1 aromatic heterocycles. The Morgan fingerprint density at radius 3 is 2.83 bits per heavy atom. The van der Waals surface area contributed by atoms with Gasteiger partial charge in [-0.3, -0.25) is 9.63 Å². The Morgan fingerprint density at radius 1 is 1.39 bits per heavy atom. The molecule has 3 rings (SSSR count). The first-order chi connectivity index (χ1) is 11.1. The standard InChI is InChI=1S/C17H24N4O2/c1-19-8-6-14(7-9-19)21-12-18-15-5-4-13(10-16(15)21)11-17(22)20(2)23-3/h4-5,10,12,14H,6-9,11H2,1-3H3. The topological polar surface area (TPSA) is 50.6 Å². The van der Waals surface area contributed by atoms with Crippen molar-refractivity contribution in [3.05, 3.63) is 30.1 Å². The third-order valence-electron chi connectivity index (χ3n) is 4.70. The highest BCUT2D eigenvalue weighted by molar-refractivity contribution is 5.81. The van der Waals surface area contributed by atoms with Crippen LogP contribution in [0.3, 0.4) is 0 Å². The van der Waals surface area contributed by atoms with Crippen molar-refractivity contribution < 1.29 is 9.63 Å². The summed E-state index contributed by atoms with van der Waals surface area (Å²) in [6.07, 6.45) is 4.54. The summed E-state index contributed by atoms with van der Waals surface area (Å²) < 4.78 is 2.27. The molecule has 0 saturated carbocycles. The summed E-state index contributed by atoms with van der Waals surface area (Å²) in [5.74, 6) is -0.0581. The maximum atomic E-state index is 12.0. The average molecular weight is 316 g/mol. The fraction of sp³-hybridized carbons (Fsp3) is 0.529. The van der Waals surface area contributed by atoms with E-state index >= 15 is 0 Å². The number of likely N-dealkylation sites (N-methyl/N-ethyl adjacent to an activating group) is 1. The fourth-order valence-electron chi connectivity index (χ4n) is 3.13. The largest absolute Gasteiger partial charge is 0.327 e. The molecule has 0 N–H and O–H groups in total. The van der Waals surface area contributed by atoms with Crippen LogP contribution in [0.15, 0.2) is 24.5 Å². The minimum absolute atomic E-state index is 0.0581. The van der Waals surface area contributed by atoms with E-state index < -0.39 is 0 Å². The quantitative estimate of drug-likeness (QED) is 0.808. The first-order valence-electron chi connectivity index (χ1n) is 8.03. The van der Waals surface area contributed by atoms with Crippen molar-refractivity contribution in [2.75, 3.05) is 34.3 Å². The number of carbonyl (C=O) groups is 1. The van der Waals surface area contributed by atoms with Crippen LogP contribution < -0.4 is 0 Å². The molecule has 0 atom stereocenters. The molecule has 1 amide bonds. The van der Waals surface area contributed by atoms with Crippen LogP contribution in [-0.2, 0) is 16.1 Å². The van der Waals surface area contributed by atoms with Gasteiger partial charge in [-0.15, -0.1) is 0 Å². The van der Waals surface area contributed by atoms with E-state index in [4.69, 9.17) is 4.84 Å². The van der Waals surface area contributed by atoms with Crippen LogP contribution in [0.2, 0.25) is 0 Å². The smallest absolute Gasteiger partial charge is 0.250 e. The van der Waals surface area contributed by atoms with Gasteiger partial charge in [0.1, 0.15) is 0 Å². The van der Waals surface area contributed by atoms with Gasteiger partial charge in [0, 0.05) is 13.1 Å². The molecular formula is C17H24N4O2. The third kappa shape index (κ3) is 3.38. The molecule has 1 saturated heterocycles. The number of nitrogens with zero attached hydrogens (tertiary/aromatic N) is 4. The van der Waals surface area contributed by atoms with Crippen molar-refractivity contribution in [2.24, 2.45) is 0 Å². The predicted octanol–water partition coefficient (Wildman–Crippen LogP) is 1.87. The van der Waals surface area contributed by atoms with Crippen molar-refractivity contribution in [3.8, 4) is 0 Å². The van der Waals surface area contributed by atoms with Crippen molar-refractivity contribution in [3.63, 3.8) is 0 Å². The zero-order valence-electron chi connectivity index (χ0n) is 14.0. The summed E-state index contributed by atoms with van der Waals surface area (Å²) in [6, 6.07) is 6.54. The Balaban J connectivity index is 1.84. The highest BCUT2D eigenvalue weighted by atomic mass is 16.7. The minimum Gasteiger partial charge on any atom is -0.327 e. The summed E-state index contributed by atoms with van der Waals surface area (Å²) >= 11 is 0. The normalized spacial score (nSPS) is 16.8. The molecule has 0 aliphatic carbocycles. The van der Waals surface area contributed by atoms with Crippen molar-refractivity contribution in [1.82, 2.24) is 19.5 Å². The van der Waals surface area contributed by atoms with Crippen molar-refractivity contribution >= 4 is 16.9 Å². The Morgan fingerprint density at radius 2 is 2.13 bits per heavy atom. The number of benzene rings is 1. The monoisotopic (exact) mass is 316 g/mol. The van der Waals surface area contributed by atoms with Gasteiger partial charge in [0.25, 0.3) is 0 Å². The van der Waals surface area contributed by atoms with Crippen LogP contribution in [0.25, 0.3) is 11.0 Å². The van der Waals surface area contributed by atoms with Gasteiger partial charge in [-0.1, -0.05) is 6.07 Å². The number of hydrogen-bond donors (Lipinski definition) is 0. The molecule has 2 aromatic rings. The van der Waals surface area contributed by atoms with Gasteiger partial charge in [0.15, 0.2) is 0 Å². The number of rotatable bonds is 4. The Labute approximate surface area is 136 Å². The minimum atomic E-state index is -0.0581. The number of carbonyl (C=O) groups excluding carboxylic acids is 1. The highest BCUT2D eigenvalue weighted by Gasteiger charge is 2.20. The van der Waals surface area contributed by atoms with E-state index in [-0.39, 0.29) is 5.91 Å². The van der Waals surface area contributed by atoms with Gasteiger partial charge in [0.2, 0.25) is 5.91 Å². The predicted molar refractivity (Wildman–Crippen MR) is 89.0 cm³/mol. The number of hydrogen-bond acceptors (Lipinski definition) is 4. The summed E-state index contributed by atoms with van der Waals surface area (Å²) in [5.41, 5.74) is 3.09. The van der Waals surface area contributed by atoms with E-state index in [0.717, 1.165) is 42.5 Å². The molecular weight excluding hydrogens is 292 g/mol. The van der Waals surface area contributed by atoms with Gasteiger partial charge in [0.05, 0.1) is 30.9 Å². The van der Waals surface area contributed by atoms with Crippen LogP contribution in [0, 0.1) is 0 Å². The lowest BCUT2D eigenvalue weighted by Crippen LogP contribution is -2.31. The third-order valence-corrected chi connectivity index (χ3v) is 4.70. The molecule has 1 fully saturated rings. The van der Waals surface area contributed by atoms with E-state index in [1.165, 1.54) is 12.2 Å². The van der Waals surface area contributed by atoms with Gasteiger partial charge < -0.3 is 9.47 Å². The lowest BCUT2D eigenvalue weighted by molar-refractivity contribution is -0.167. The van der Waals surface area contributed by atoms with Crippen molar-refractivity contribution in [1.29, 1.82) is 0 Å². The van der Waals surface area contributed by atoms with E-state index in [1.54, 1.807) is 7.05 Å². The number of likely N-dealkylation sites (tertiary alicyclic amines) is 1. The van der Waals surface area contributed by atoms with Crippen molar-refractivity contribution in [2.45, 2.75) is 25.3 Å². The van der Waals surface area contributed by atoms with Gasteiger partial charge in [-0.05, 0) is 50.7 Å². The molecule has 2 heterocycles. The van der Waals surface area contributed by atoms with E-state index in [2.05, 4.69) is 27.6 Å². The molecule has 0 unspecified atom stereocenters. The summed E-state index contributed by atoms with van der Waals surface area (Å²) in [6.45, 7) is 2.22. The number of fused-ring (bicyclic) bond motifs is 1. The number of piperidine rings is 1. The van der Waals surface area contributed by atoms with E-state index in [0.29, 0.717) is 12.5 Å². The molecule has 0 radical (unpaired) electrons. The summed E-state index contributed by atoms with van der Waals surface area (Å²) in [4.78, 5) is 23.8. The average Bonchev–Trinajstić information content (AvgIpc) is 2.98. The molecule has 23 heavy (non-hydrogen) atoms. The molecule has 1 aliphatic heterocycles. The molecule has 1 aromatic carbocycles. The van der Waals surface area contributed by atoms with Crippen LogP contribution in [0.5, 0.6) is 0 Å². The maximum absolute atomic E-state index is 12.0. The van der Waals surface area contributed by atoms with Gasteiger partial charge >= 0.3 is 0 Å². The second-order valence-corrected chi connectivity index (χ2v) is 6.26. The SMILES string of the molecule is CON(C)C(=O)Cc1ccc2ncn(C3CCN(C)CC3)c2c1. The Kier molecular flexibility index (Phi) is 4.63. The fourth-order valence-corrected chi connectivity index (χ4v) is 3.13. The molecule has 0 spiro atoms. The zero-order valence-corrected chi connectivity index (χ0v) is 14.0. The molecule has 1 aliphatic rings. The van der Waals surface area contributed by atoms with Gasteiger partial charge in [-0.2, -0.15) is 0 Å². The van der Waals surface area contributed by atoms with Crippen LogP contribution in [0.1, 0.15) is 24.4 Å². The van der Waals surface area contributed by atoms with Crippen LogP contribution >= 0.6 is 0 Å². The number of hydroxylamine groups is 2. The van der Waals surface area contributed by atoms with Gasteiger partial charge in [-0.25, -0.2) is 10.0 Å². The first kappa shape index (κ1) is 16.0. The number of aromatic nitrogens is 2. The lowest BCUT2D eigenvalue weighted by Gasteiger charge is -2.30. The Hall–Kier alpha value is -1.92. The summed E-state index contributed by atoms with van der Waals surface area (Å²) in [7, 11) is 5.29. The second kappa shape index (κ2) is 6.68. The first-order valence-corrected chi connectivity index (χ1v) is 8.03. The summed E-state index contributed by atoms with van der Waals surface area (Å²) in [5, 5.41) is 1.26. The molecule has 0 bridgehead atoms. The second-order valence-electron chi connectivity index (χ2n) is 6.26. The van der Waals surface area contributed by atoms with Crippen LogP contribution in [-0.4, -0.2) is 59.7 Å². The van der Waals surface area contributed by atoms with E-state index in [1.807, 2.05) is 18.5 Å². The Bertz CT molecular complexity index is 689. The molecule has 124 valence electrons. The molecule has 6 heteroatoms. The zero-order chi connectivity index (χ0) is 16.4. The lowest BCUT2D eigenvalue weighted by atomic mass is 10.0. The van der Waals surface area contributed by atoms with Crippen LogP contribution in [0.4, 0.5) is 0 Å². The maximum Gasteiger partial charge on any atom is 0.250 e. The number of amides is 1.